The smallest absolute Gasteiger partial charge is 0.353 e. The number of hydrogen-bond donors (Lipinski definition) is 1. The molecule has 0 fully saturated rings. The molecule has 14 heterocycles. The zero-order valence-corrected chi connectivity index (χ0v) is 93.6. The maximum atomic E-state index is 5.16. The SMILES string of the molecule is C[Si](C)(C)c1ccc2c(c1)-c1ccc([Si](C)(C)C)c[n+]1C2.Cc1cc(-c2[c-]cccc2)ncc1-c1ccccc1.[Ir].[Ir].[Ir].[Pt+2].[c-]1cccc2sc3cccnc3c12.[c-]1ccccc1-c1cc2c(cn1)[nH]c1cc3c(cc12)c1ccccc1n3-c1ccccc1.[c-]1ccccc1-c1ccc2c(n1)N1c3nc(-c4[c-]cccc4)ccc3Cc3cccc(c31)C2.[c-]1ccccc1-c1ccccn1.[c-]1ccccc1-c1ccccn1. The number of pyridine rings is 8. The van der Waals surface area contributed by atoms with Crippen molar-refractivity contribution >= 4 is 119 Å². The molecule has 0 unspecified atom stereocenters. The number of benzene rings is 13. The van der Waals surface area contributed by atoms with Gasteiger partial charge in [0.1, 0.15) is 11.6 Å². The Labute approximate surface area is 914 Å². The van der Waals surface area contributed by atoms with Crippen molar-refractivity contribution in [3.63, 3.8) is 0 Å². The predicted molar refractivity (Wildman–Crippen MR) is 592 cm³/mol. The van der Waals surface area contributed by atoms with Gasteiger partial charge >= 0.3 is 21.1 Å². The second-order valence-electron chi connectivity index (χ2n) is 37.3. The monoisotopic (exact) mass is 2650 g/mol. The van der Waals surface area contributed by atoms with Gasteiger partial charge in [0, 0.05) is 169 Å². The Bertz CT molecular complexity index is 8280. The van der Waals surface area contributed by atoms with Gasteiger partial charge in [-0.1, -0.05) is 219 Å². The number of nitrogens with one attached hydrogen (secondary N) is 1. The molecule has 0 saturated heterocycles. The average Bonchev–Trinajstić information content (AvgIpc) is 1.20. The Morgan fingerprint density at radius 1 is 0.342 bits per heavy atom. The molecule has 0 aliphatic carbocycles. The molecule has 1 N–H and O–H groups in total. The minimum absolute atomic E-state index is 0. The van der Waals surface area contributed by atoms with Crippen molar-refractivity contribution in [2.24, 2.45) is 0 Å². The average molecular weight is 2650 g/mol. The molecule has 0 saturated carbocycles. The fourth-order valence-electron chi connectivity index (χ4n) is 18.5. The van der Waals surface area contributed by atoms with Crippen LogP contribution in [0.4, 0.5) is 17.3 Å². The molecule has 146 heavy (non-hydrogen) atoms. The number of aromatic amines is 1. The topological polar surface area (TPSA) is 118 Å². The number of H-pyrrole nitrogens is 1. The quantitative estimate of drug-likeness (QED) is 0.0817. The summed E-state index contributed by atoms with van der Waals surface area (Å²) < 4.78 is 7.29. The molecular formula is C128H99Ir3N11PtSSi2-4. The van der Waals surface area contributed by atoms with Gasteiger partial charge in [0.15, 0.2) is 12.7 Å². The summed E-state index contributed by atoms with van der Waals surface area (Å²) in [4.78, 5) is 38.2. The summed E-state index contributed by atoms with van der Waals surface area (Å²) in [5.41, 5.74) is 32.9. The van der Waals surface area contributed by atoms with Gasteiger partial charge in [0.25, 0.3) is 0 Å². The van der Waals surface area contributed by atoms with E-state index in [2.05, 4.69) is 333 Å². The molecule has 3 radical (unpaired) electrons. The van der Waals surface area contributed by atoms with Crippen molar-refractivity contribution in [3.8, 4) is 95.6 Å². The Hall–Kier alpha value is -14.2. The van der Waals surface area contributed by atoms with Crippen LogP contribution in [0.5, 0.6) is 0 Å². The molecule has 13 aromatic carbocycles. The normalized spacial score (nSPS) is 11.5. The largest absolute Gasteiger partial charge is 2.00 e. The van der Waals surface area contributed by atoms with E-state index in [4.69, 9.17) is 9.97 Å². The summed E-state index contributed by atoms with van der Waals surface area (Å²) in [7, 11) is -2.47. The molecule has 24 aromatic rings. The maximum Gasteiger partial charge on any atom is 2.00 e. The number of fused-ring (bicyclic) bond motifs is 16. The summed E-state index contributed by atoms with van der Waals surface area (Å²) in [5, 5.41) is 9.15. The van der Waals surface area contributed by atoms with Crippen LogP contribution in [0, 0.1) is 49.4 Å². The molecule has 11 aromatic heterocycles. The van der Waals surface area contributed by atoms with Crippen LogP contribution in [0.15, 0.2) is 431 Å². The molecule has 0 bridgehead atoms. The molecular weight excluding hydrogens is 2550 g/mol. The van der Waals surface area contributed by atoms with E-state index in [1.165, 1.54) is 103 Å². The van der Waals surface area contributed by atoms with E-state index in [9.17, 15) is 0 Å². The third-order valence-electron chi connectivity index (χ3n) is 25.8. The fraction of sp³-hybridized carbons (Fsp3) is 0.0781. The standard InChI is InChI=1S/C30H19N3.C29H18N3.C18H26NSi2.C18H14N.C11H6NS.2C11H8N.3Ir.Pt/c1-3-8-20(9-4-1)26-16-14-24-18-22-12-7-13-23-19-25-15-17-27(21-10-5-2-6-11-21)32-30(25)33(28(22)23)29(24)31-26;1-3-9-19(10-4-1)25-16-23-22-15-24-21-13-7-8-14-28(21)32(20-11-5-2-6-12-20)29(24)17-26(22)31-27(23)18-30-25;1-20(2,3)15-8-7-14-12-19-13-16(21(4,5)6)9-10-18(19)17(14)11-15;1-14-12-18(16-10-6-3-7-11-16)19-13-17(14)15-8-4-2-5-9-15;1-2-5-9-8(4-1)11-10(13-9)6-3-7-12-11;2*1-2-6-10(7-3-1)11-8-4-5-9-12-11;;;;/h1-8,10,12-17H,18-19H2;1-9,11-18,31H;7-11,13H,12H2,1-6H3;2-10,12-13H,1H3;1-3,5-7H;2*1-6,8-9H;;;;/q-2;-1;+1;4*-1;;;;+2. The van der Waals surface area contributed by atoms with E-state index < -0.39 is 16.1 Å². The van der Waals surface area contributed by atoms with E-state index in [0.29, 0.717) is 0 Å². The predicted octanol–water partition coefficient (Wildman–Crippen LogP) is 29.9. The molecule has 0 amide bonds. The Morgan fingerprint density at radius 3 is 1.38 bits per heavy atom. The first-order valence-electron chi connectivity index (χ1n) is 47.9. The first-order valence-corrected chi connectivity index (χ1v) is 55.7. The summed E-state index contributed by atoms with van der Waals surface area (Å²) in [6, 6.07) is 158. The summed E-state index contributed by atoms with van der Waals surface area (Å²) in [6.07, 6.45) is 13.4. The van der Waals surface area contributed by atoms with Crippen LogP contribution >= 0.6 is 11.3 Å². The van der Waals surface area contributed by atoms with E-state index in [-0.39, 0.29) is 81.4 Å². The van der Waals surface area contributed by atoms with Crippen LogP contribution in [0.3, 0.4) is 0 Å². The van der Waals surface area contributed by atoms with Gasteiger partial charge in [-0.05, 0) is 129 Å². The van der Waals surface area contributed by atoms with Crippen LogP contribution in [-0.2, 0) is 101 Å². The van der Waals surface area contributed by atoms with Gasteiger partial charge < -0.3 is 34.5 Å². The Balaban J connectivity index is 0.000000120. The number of nitrogens with zero attached hydrogens (tertiary/aromatic N) is 10. The first kappa shape index (κ1) is 103. The molecule has 11 nitrogen and oxygen atoms in total. The van der Waals surface area contributed by atoms with E-state index >= 15 is 0 Å². The molecule has 3 aliphatic heterocycles. The number of aromatic nitrogens is 10. The van der Waals surface area contributed by atoms with Gasteiger partial charge in [-0.25, -0.2) is 0 Å². The number of aryl methyl sites for hydroxylation is 1. The van der Waals surface area contributed by atoms with Crippen molar-refractivity contribution in [1.29, 1.82) is 0 Å². The van der Waals surface area contributed by atoms with E-state index in [1.54, 1.807) is 34.1 Å². The minimum atomic E-state index is -1.24. The number of anilines is 3. The molecule has 0 atom stereocenters. The van der Waals surface area contributed by atoms with Crippen LogP contribution in [0.2, 0.25) is 39.3 Å². The summed E-state index contributed by atoms with van der Waals surface area (Å²) in [6.45, 7) is 17.7. The fourth-order valence-corrected chi connectivity index (χ4v) is 21.9. The second-order valence-corrected chi connectivity index (χ2v) is 48.6. The van der Waals surface area contributed by atoms with Crippen molar-refractivity contribution in [2.45, 2.75) is 65.6 Å². The Kier molecular flexibility index (Phi) is 33.1. The zero-order chi connectivity index (χ0) is 96.5. The third kappa shape index (κ3) is 22.9. The minimum Gasteiger partial charge on any atom is -0.353 e. The van der Waals surface area contributed by atoms with E-state index in [1.807, 2.05) is 219 Å². The van der Waals surface area contributed by atoms with Crippen LogP contribution < -0.4 is 19.8 Å². The number of para-hydroxylation sites is 3. The first-order chi connectivity index (χ1) is 69.6. The van der Waals surface area contributed by atoms with Crippen molar-refractivity contribution in [3.05, 3.63) is 507 Å². The van der Waals surface area contributed by atoms with Crippen molar-refractivity contribution in [2.75, 3.05) is 4.90 Å². The van der Waals surface area contributed by atoms with E-state index in [0.717, 1.165) is 126 Å². The molecule has 3 aliphatic rings. The van der Waals surface area contributed by atoms with Crippen LogP contribution in [-0.4, -0.2) is 60.6 Å². The summed E-state index contributed by atoms with van der Waals surface area (Å²) in [5.74, 6) is 1.93. The molecule has 721 valence electrons. The number of thiophene rings is 1. The van der Waals surface area contributed by atoms with Crippen LogP contribution in [0.1, 0.15) is 33.4 Å². The molecule has 18 heteroatoms. The van der Waals surface area contributed by atoms with Gasteiger partial charge in [-0.3, -0.25) is 14.9 Å². The molecule has 27 rings (SSSR count). The van der Waals surface area contributed by atoms with Gasteiger partial charge in [-0.2, -0.15) is 15.9 Å². The van der Waals surface area contributed by atoms with Gasteiger partial charge in [0.2, 0.25) is 5.69 Å². The Morgan fingerprint density at radius 2 is 0.829 bits per heavy atom. The third-order valence-corrected chi connectivity index (χ3v) is 31.0. The summed E-state index contributed by atoms with van der Waals surface area (Å²) >= 11 is 1.77. The van der Waals surface area contributed by atoms with Crippen molar-refractivity contribution in [1.82, 2.24) is 44.4 Å². The van der Waals surface area contributed by atoms with Gasteiger partial charge in [0.05, 0.1) is 43.9 Å². The van der Waals surface area contributed by atoms with Crippen LogP contribution in [0.25, 0.3) is 160 Å². The van der Waals surface area contributed by atoms with Crippen molar-refractivity contribution < 1.29 is 85.9 Å². The van der Waals surface area contributed by atoms with Gasteiger partial charge in [-0.15, -0.1) is 245 Å². The number of hydrogen-bond acceptors (Lipinski definition) is 9. The zero-order valence-electron chi connectivity index (χ0n) is 81.3. The number of rotatable bonds is 10. The molecule has 0 spiro atoms. The second kappa shape index (κ2) is 46.9. The maximum absolute atomic E-state index is 5.16.